The number of hydrogen-bond acceptors (Lipinski definition) is 3. The van der Waals surface area contributed by atoms with E-state index >= 15 is 0 Å². The highest BCUT2D eigenvalue weighted by molar-refractivity contribution is 6.31. The van der Waals surface area contributed by atoms with Crippen LogP contribution in [0.3, 0.4) is 0 Å². The highest BCUT2D eigenvalue weighted by atomic mass is 35.5. The van der Waals surface area contributed by atoms with E-state index in [1.165, 1.54) is 0 Å². The number of hydrogen-bond donors (Lipinski definition) is 3. The van der Waals surface area contributed by atoms with Crippen molar-refractivity contribution in [3.05, 3.63) is 34.9 Å². The lowest BCUT2D eigenvalue weighted by Gasteiger charge is -2.29. The maximum Gasteiger partial charge on any atom is 0.330 e. The van der Waals surface area contributed by atoms with E-state index in [2.05, 4.69) is 5.32 Å². The number of carboxylic acid groups (broad SMARTS) is 1. The van der Waals surface area contributed by atoms with Crippen LogP contribution in [0.5, 0.6) is 0 Å². The van der Waals surface area contributed by atoms with Crippen LogP contribution >= 0.6 is 11.6 Å². The molecule has 114 valence electrons. The first-order valence-electron chi connectivity index (χ1n) is 6.90. The average Bonchev–Trinajstić information content (AvgIpc) is 2.78. The van der Waals surface area contributed by atoms with Crippen molar-refractivity contribution in [2.75, 3.05) is 0 Å². The van der Waals surface area contributed by atoms with Crippen LogP contribution in [0.25, 0.3) is 0 Å². The van der Waals surface area contributed by atoms with Gasteiger partial charge in [-0.2, -0.15) is 0 Å². The van der Waals surface area contributed by atoms with Crippen molar-refractivity contribution in [3.63, 3.8) is 0 Å². The standard InChI is InChI=1S/C15H19ClN2O3/c1-15(8-4-7-11(15)17)14(21)18-12(13(19)20)9-5-2-3-6-10(9)16/h2-3,5-6,11-12H,4,7-8,17H2,1H3,(H,18,21)(H,19,20)/t11?,12-,15?/m1/s1. The van der Waals surface area contributed by atoms with Crippen LogP contribution in [0.2, 0.25) is 5.02 Å². The van der Waals surface area contributed by atoms with Crippen LogP contribution in [0.1, 0.15) is 37.8 Å². The molecule has 0 aromatic heterocycles. The fraction of sp³-hybridized carbons (Fsp3) is 0.467. The summed E-state index contributed by atoms with van der Waals surface area (Å²) in [6.45, 7) is 1.78. The third kappa shape index (κ3) is 3.04. The van der Waals surface area contributed by atoms with Crippen LogP contribution in [0.4, 0.5) is 0 Å². The molecule has 1 aliphatic rings. The Morgan fingerprint density at radius 2 is 2.14 bits per heavy atom. The fourth-order valence-electron chi connectivity index (χ4n) is 2.75. The number of rotatable bonds is 4. The molecule has 0 saturated heterocycles. The summed E-state index contributed by atoms with van der Waals surface area (Å²) in [5.74, 6) is -1.48. The summed E-state index contributed by atoms with van der Waals surface area (Å²) < 4.78 is 0. The van der Waals surface area contributed by atoms with E-state index in [-0.39, 0.29) is 11.9 Å². The number of carboxylic acids is 1. The van der Waals surface area contributed by atoms with E-state index in [0.29, 0.717) is 17.0 Å². The molecule has 1 aliphatic carbocycles. The predicted molar refractivity (Wildman–Crippen MR) is 79.9 cm³/mol. The van der Waals surface area contributed by atoms with E-state index in [4.69, 9.17) is 17.3 Å². The summed E-state index contributed by atoms with van der Waals surface area (Å²) in [6, 6.07) is 5.17. The molecule has 1 amide bonds. The van der Waals surface area contributed by atoms with Crippen LogP contribution in [0.15, 0.2) is 24.3 Å². The summed E-state index contributed by atoms with van der Waals surface area (Å²) in [5, 5.41) is 12.3. The minimum atomic E-state index is -1.17. The molecule has 6 heteroatoms. The van der Waals surface area contributed by atoms with E-state index in [0.717, 1.165) is 12.8 Å². The molecule has 0 spiro atoms. The maximum absolute atomic E-state index is 12.5. The summed E-state index contributed by atoms with van der Waals surface area (Å²) in [7, 11) is 0. The lowest BCUT2D eigenvalue weighted by Crippen LogP contribution is -2.49. The zero-order chi connectivity index (χ0) is 15.6. The van der Waals surface area contributed by atoms with Gasteiger partial charge >= 0.3 is 5.97 Å². The van der Waals surface area contributed by atoms with Crippen molar-refractivity contribution in [2.24, 2.45) is 11.1 Å². The largest absolute Gasteiger partial charge is 0.479 e. The molecule has 4 N–H and O–H groups in total. The second kappa shape index (κ2) is 6.03. The molecular formula is C15H19ClN2O3. The van der Waals surface area contributed by atoms with Crippen LogP contribution < -0.4 is 11.1 Å². The second-order valence-electron chi connectivity index (χ2n) is 5.68. The Kier molecular flexibility index (Phi) is 4.54. The Bertz CT molecular complexity index is 564. The van der Waals surface area contributed by atoms with Gasteiger partial charge in [-0.1, -0.05) is 36.2 Å². The lowest BCUT2D eigenvalue weighted by molar-refractivity contribution is -0.144. The molecule has 2 rings (SSSR count). The normalized spacial score (nSPS) is 26.3. The van der Waals surface area contributed by atoms with Gasteiger partial charge in [0, 0.05) is 16.6 Å². The highest BCUT2D eigenvalue weighted by Crippen LogP contribution is 2.37. The molecule has 5 nitrogen and oxygen atoms in total. The van der Waals surface area contributed by atoms with Gasteiger partial charge in [-0.15, -0.1) is 0 Å². The molecular weight excluding hydrogens is 292 g/mol. The first kappa shape index (κ1) is 15.8. The SMILES string of the molecule is CC1(C(=O)N[C@@H](C(=O)O)c2ccccc2Cl)CCCC1N. The van der Waals surface area contributed by atoms with E-state index < -0.39 is 17.4 Å². The highest BCUT2D eigenvalue weighted by Gasteiger charge is 2.44. The lowest BCUT2D eigenvalue weighted by atomic mass is 9.83. The Morgan fingerprint density at radius 1 is 1.48 bits per heavy atom. The van der Waals surface area contributed by atoms with Gasteiger partial charge in [0.1, 0.15) is 0 Å². The molecule has 0 aliphatic heterocycles. The van der Waals surface area contributed by atoms with Crippen LogP contribution in [-0.2, 0) is 9.59 Å². The molecule has 21 heavy (non-hydrogen) atoms. The van der Waals surface area contributed by atoms with Gasteiger partial charge in [0.05, 0.1) is 5.41 Å². The smallest absolute Gasteiger partial charge is 0.330 e. The van der Waals surface area contributed by atoms with Gasteiger partial charge in [0.25, 0.3) is 0 Å². The fourth-order valence-corrected chi connectivity index (χ4v) is 3.00. The topological polar surface area (TPSA) is 92.4 Å². The Hall–Kier alpha value is -1.59. The minimum absolute atomic E-state index is 0.252. The summed E-state index contributed by atoms with van der Waals surface area (Å²) in [4.78, 5) is 24.0. The quantitative estimate of drug-likeness (QED) is 0.794. The van der Waals surface area contributed by atoms with Gasteiger partial charge in [0.15, 0.2) is 6.04 Å². The van der Waals surface area contributed by atoms with Gasteiger partial charge in [-0.3, -0.25) is 4.79 Å². The number of nitrogens with one attached hydrogen (secondary N) is 1. The van der Waals surface area contributed by atoms with E-state index in [1.54, 1.807) is 31.2 Å². The monoisotopic (exact) mass is 310 g/mol. The van der Waals surface area contributed by atoms with Crippen LogP contribution in [0, 0.1) is 5.41 Å². The number of amides is 1. The summed E-state index contributed by atoms with van der Waals surface area (Å²) in [5.41, 5.74) is 5.64. The molecule has 2 unspecified atom stereocenters. The number of benzene rings is 1. The number of halogens is 1. The zero-order valence-corrected chi connectivity index (χ0v) is 12.6. The van der Waals surface area contributed by atoms with E-state index in [1.807, 2.05) is 0 Å². The Labute approximate surface area is 128 Å². The van der Waals surface area contributed by atoms with E-state index in [9.17, 15) is 14.7 Å². The van der Waals surface area contributed by atoms with Crippen molar-refractivity contribution < 1.29 is 14.7 Å². The second-order valence-corrected chi connectivity index (χ2v) is 6.09. The molecule has 0 bridgehead atoms. The number of carbonyl (C=O) groups excluding carboxylic acids is 1. The average molecular weight is 311 g/mol. The number of aliphatic carboxylic acids is 1. The van der Waals surface area contributed by atoms with Gasteiger partial charge in [-0.05, 0) is 25.8 Å². The third-order valence-electron chi connectivity index (χ3n) is 4.29. The van der Waals surface area contributed by atoms with Crippen molar-refractivity contribution in [1.82, 2.24) is 5.32 Å². The molecule has 0 radical (unpaired) electrons. The minimum Gasteiger partial charge on any atom is -0.479 e. The molecule has 1 aromatic carbocycles. The zero-order valence-electron chi connectivity index (χ0n) is 11.8. The molecule has 1 aromatic rings. The predicted octanol–water partition coefficient (Wildman–Crippen LogP) is 2.10. The van der Waals surface area contributed by atoms with Crippen molar-refractivity contribution in [3.8, 4) is 0 Å². The molecule has 1 fully saturated rings. The maximum atomic E-state index is 12.5. The molecule has 3 atom stereocenters. The van der Waals surface area contributed by atoms with Crippen molar-refractivity contribution >= 4 is 23.5 Å². The van der Waals surface area contributed by atoms with Crippen molar-refractivity contribution in [2.45, 2.75) is 38.3 Å². The van der Waals surface area contributed by atoms with Gasteiger partial charge in [-0.25, -0.2) is 4.79 Å². The molecule has 1 saturated carbocycles. The van der Waals surface area contributed by atoms with Gasteiger partial charge in [0.2, 0.25) is 5.91 Å². The first-order chi connectivity index (χ1) is 9.86. The number of carbonyl (C=O) groups is 2. The Balaban J connectivity index is 2.24. The number of nitrogens with two attached hydrogens (primary N) is 1. The Morgan fingerprint density at radius 3 is 2.67 bits per heavy atom. The van der Waals surface area contributed by atoms with Gasteiger partial charge < -0.3 is 16.2 Å². The summed E-state index contributed by atoms with van der Waals surface area (Å²) in [6.07, 6.45) is 2.30. The third-order valence-corrected chi connectivity index (χ3v) is 4.63. The van der Waals surface area contributed by atoms with Crippen LogP contribution in [-0.4, -0.2) is 23.0 Å². The first-order valence-corrected chi connectivity index (χ1v) is 7.28. The molecule has 0 heterocycles. The van der Waals surface area contributed by atoms with Crippen molar-refractivity contribution in [1.29, 1.82) is 0 Å². The summed E-state index contributed by atoms with van der Waals surface area (Å²) >= 11 is 6.03.